The minimum atomic E-state index is -0.747. The first-order chi connectivity index (χ1) is 8.83. The molecule has 4 heteroatoms. The third-order valence-corrected chi connectivity index (χ3v) is 3.22. The molecule has 0 unspecified atom stereocenters. The van der Waals surface area contributed by atoms with Crippen molar-refractivity contribution in [3.05, 3.63) is 34.9 Å². The lowest BCUT2D eigenvalue weighted by Crippen LogP contribution is -2.39. The third kappa shape index (κ3) is 5.72. The Morgan fingerprint density at radius 3 is 2.53 bits per heavy atom. The molecule has 0 saturated heterocycles. The van der Waals surface area contributed by atoms with Crippen LogP contribution in [0.4, 0.5) is 0 Å². The summed E-state index contributed by atoms with van der Waals surface area (Å²) >= 11 is 6.00. The Morgan fingerprint density at radius 1 is 1.37 bits per heavy atom. The summed E-state index contributed by atoms with van der Waals surface area (Å²) in [7, 11) is 0. The van der Waals surface area contributed by atoms with Crippen molar-refractivity contribution in [1.82, 2.24) is 4.90 Å². The molecule has 0 aromatic heterocycles. The number of carbonyl (C=O) groups is 1. The molecule has 1 aromatic rings. The summed E-state index contributed by atoms with van der Waals surface area (Å²) in [6.45, 7) is 7.55. The average Bonchev–Trinajstić information content (AvgIpc) is 2.33. The highest BCUT2D eigenvalue weighted by Crippen LogP contribution is 2.17. The standard InChI is InChI=1S/C15H22ClNO2/c1-4-17(11-15(2,3)19)10-9-14(18)12-7-5-6-8-13(12)16/h5-8,19H,4,9-11H2,1-3H3. The van der Waals surface area contributed by atoms with E-state index in [2.05, 4.69) is 4.90 Å². The molecule has 1 aromatic carbocycles. The van der Waals surface area contributed by atoms with Gasteiger partial charge in [-0.2, -0.15) is 0 Å². The minimum absolute atomic E-state index is 0.0415. The zero-order valence-electron chi connectivity index (χ0n) is 11.8. The van der Waals surface area contributed by atoms with Crippen LogP contribution in [0, 0.1) is 0 Å². The maximum Gasteiger partial charge on any atom is 0.165 e. The van der Waals surface area contributed by atoms with Crippen molar-refractivity contribution in [2.75, 3.05) is 19.6 Å². The first-order valence-corrected chi connectivity index (χ1v) is 6.93. The van der Waals surface area contributed by atoms with Gasteiger partial charge in [0.05, 0.1) is 10.6 Å². The zero-order chi connectivity index (χ0) is 14.5. The van der Waals surface area contributed by atoms with Gasteiger partial charge in [0.1, 0.15) is 0 Å². The van der Waals surface area contributed by atoms with Crippen LogP contribution in [-0.2, 0) is 0 Å². The Labute approximate surface area is 120 Å². The lowest BCUT2D eigenvalue weighted by Gasteiger charge is -2.27. The highest BCUT2D eigenvalue weighted by atomic mass is 35.5. The van der Waals surface area contributed by atoms with Gasteiger partial charge in [0.25, 0.3) is 0 Å². The number of hydrogen-bond acceptors (Lipinski definition) is 3. The van der Waals surface area contributed by atoms with Crippen LogP contribution >= 0.6 is 11.6 Å². The first-order valence-electron chi connectivity index (χ1n) is 6.56. The van der Waals surface area contributed by atoms with E-state index in [1.807, 2.05) is 19.1 Å². The normalized spacial score (nSPS) is 11.9. The summed E-state index contributed by atoms with van der Waals surface area (Å²) < 4.78 is 0. The van der Waals surface area contributed by atoms with E-state index < -0.39 is 5.60 Å². The van der Waals surface area contributed by atoms with E-state index in [4.69, 9.17) is 11.6 Å². The van der Waals surface area contributed by atoms with Gasteiger partial charge in [-0.1, -0.05) is 30.7 Å². The molecule has 0 saturated carbocycles. The number of ketones is 1. The highest BCUT2D eigenvalue weighted by Gasteiger charge is 2.18. The van der Waals surface area contributed by atoms with Crippen LogP contribution in [0.15, 0.2) is 24.3 Å². The van der Waals surface area contributed by atoms with Crippen LogP contribution in [0.2, 0.25) is 5.02 Å². The fourth-order valence-electron chi connectivity index (χ4n) is 1.98. The van der Waals surface area contributed by atoms with Crippen molar-refractivity contribution in [1.29, 1.82) is 0 Å². The molecule has 0 amide bonds. The molecule has 0 bridgehead atoms. The molecule has 106 valence electrons. The number of Topliss-reactive ketones (excluding diaryl/α,β-unsaturated/α-hetero) is 1. The SMILES string of the molecule is CCN(CCC(=O)c1ccccc1Cl)CC(C)(C)O. The van der Waals surface area contributed by atoms with Crippen LogP contribution in [-0.4, -0.2) is 41.0 Å². The van der Waals surface area contributed by atoms with Gasteiger partial charge >= 0.3 is 0 Å². The molecule has 0 spiro atoms. The average molecular weight is 284 g/mol. The second-order valence-electron chi connectivity index (χ2n) is 5.33. The number of benzene rings is 1. The molecular weight excluding hydrogens is 262 g/mol. The number of halogens is 1. The van der Waals surface area contributed by atoms with E-state index in [1.54, 1.807) is 26.0 Å². The second-order valence-corrected chi connectivity index (χ2v) is 5.74. The lowest BCUT2D eigenvalue weighted by molar-refractivity contribution is 0.0371. The van der Waals surface area contributed by atoms with E-state index in [1.165, 1.54) is 0 Å². The van der Waals surface area contributed by atoms with Gasteiger partial charge < -0.3 is 10.0 Å². The molecule has 19 heavy (non-hydrogen) atoms. The monoisotopic (exact) mass is 283 g/mol. The summed E-state index contributed by atoms with van der Waals surface area (Å²) in [5.41, 5.74) is -0.174. The number of carbonyl (C=O) groups excluding carboxylic acids is 1. The zero-order valence-corrected chi connectivity index (χ0v) is 12.6. The molecule has 1 rings (SSSR count). The molecule has 0 radical (unpaired) electrons. The largest absolute Gasteiger partial charge is 0.389 e. The summed E-state index contributed by atoms with van der Waals surface area (Å²) in [6, 6.07) is 7.10. The molecule has 0 aliphatic heterocycles. The molecule has 0 aliphatic carbocycles. The molecule has 0 fully saturated rings. The lowest BCUT2D eigenvalue weighted by atomic mass is 10.1. The number of nitrogens with zero attached hydrogens (tertiary/aromatic N) is 1. The van der Waals surface area contributed by atoms with Gasteiger partial charge in [0.15, 0.2) is 5.78 Å². The van der Waals surface area contributed by atoms with Crippen LogP contribution in [0.1, 0.15) is 37.6 Å². The predicted molar refractivity (Wildman–Crippen MR) is 78.8 cm³/mol. The Kier molecular flexibility index (Phi) is 5.98. The maximum atomic E-state index is 12.1. The van der Waals surface area contributed by atoms with Crippen LogP contribution in [0.5, 0.6) is 0 Å². The molecule has 0 aliphatic rings. The first kappa shape index (κ1) is 16.2. The molecule has 1 N–H and O–H groups in total. The van der Waals surface area contributed by atoms with Crippen LogP contribution in [0.3, 0.4) is 0 Å². The van der Waals surface area contributed by atoms with Gasteiger partial charge in [-0.15, -0.1) is 0 Å². The van der Waals surface area contributed by atoms with Crippen molar-refractivity contribution in [2.45, 2.75) is 32.8 Å². The van der Waals surface area contributed by atoms with E-state index in [0.717, 1.165) is 6.54 Å². The topological polar surface area (TPSA) is 40.5 Å². The molecular formula is C15H22ClNO2. The van der Waals surface area contributed by atoms with Gasteiger partial charge in [-0.3, -0.25) is 4.79 Å². The summed E-state index contributed by atoms with van der Waals surface area (Å²) in [6.07, 6.45) is 0.410. The van der Waals surface area contributed by atoms with Crippen molar-refractivity contribution in [3.8, 4) is 0 Å². The van der Waals surface area contributed by atoms with E-state index in [0.29, 0.717) is 30.1 Å². The van der Waals surface area contributed by atoms with E-state index in [9.17, 15) is 9.90 Å². The fraction of sp³-hybridized carbons (Fsp3) is 0.533. The van der Waals surface area contributed by atoms with Crippen molar-refractivity contribution in [2.24, 2.45) is 0 Å². The molecule has 3 nitrogen and oxygen atoms in total. The maximum absolute atomic E-state index is 12.1. The second kappa shape index (κ2) is 7.04. The fourth-order valence-corrected chi connectivity index (χ4v) is 2.22. The third-order valence-electron chi connectivity index (χ3n) is 2.89. The number of likely N-dealkylation sites (N-methyl/N-ethyl adjacent to an activating group) is 1. The summed E-state index contributed by atoms with van der Waals surface area (Å²) in [5, 5.41) is 10.3. The van der Waals surface area contributed by atoms with Crippen molar-refractivity contribution >= 4 is 17.4 Å². The summed E-state index contributed by atoms with van der Waals surface area (Å²) in [4.78, 5) is 14.1. The highest BCUT2D eigenvalue weighted by molar-refractivity contribution is 6.33. The Balaban J connectivity index is 2.56. The van der Waals surface area contributed by atoms with Gasteiger partial charge in [0.2, 0.25) is 0 Å². The van der Waals surface area contributed by atoms with Gasteiger partial charge in [0, 0.05) is 25.1 Å². The molecule has 0 heterocycles. The smallest absolute Gasteiger partial charge is 0.165 e. The Hall–Kier alpha value is -0.900. The number of hydrogen-bond donors (Lipinski definition) is 1. The summed E-state index contributed by atoms with van der Waals surface area (Å²) in [5.74, 6) is 0.0415. The van der Waals surface area contributed by atoms with Gasteiger partial charge in [-0.05, 0) is 32.5 Å². The quantitative estimate of drug-likeness (QED) is 0.782. The Bertz CT molecular complexity index is 426. The Morgan fingerprint density at radius 2 is 2.00 bits per heavy atom. The predicted octanol–water partition coefficient (Wildman–Crippen LogP) is 3.01. The number of aliphatic hydroxyl groups is 1. The van der Waals surface area contributed by atoms with Crippen LogP contribution < -0.4 is 0 Å². The minimum Gasteiger partial charge on any atom is -0.389 e. The van der Waals surface area contributed by atoms with Crippen LogP contribution in [0.25, 0.3) is 0 Å². The van der Waals surface area contributed by atoms with E-state index >= 15 is 0 Å². The van der Waals surface area contributed by atoms with Crippen molar-refractivity contribution in [3.63, 3.8) is 0 Å². The molecule has 0 atom stereocenters. The van der Waals surface area contributed by atoms with E-state index in [-0.39, 0.29) is 5.78 Å². The number of rotatable bonds is 7. The van der Waals surface area contributed by atoms with Gasteiger partial charge in [-0.25, -0.2) is 0 Å². The van der Waals surface area contributed by atoms with Crippen molar-refractivity contribution < 1.29 is 9.90 Å².